The minimum Gasteiger partial charge on any atom is -0.599 e. The third-order valence-corrected chi connectivity index (χ3v) is 4.45. The van der Waals surface area contributed by atoms with Gasteiger partial charge in [-0.3, -0.25) is 0 Å². The van der Waals surface area contributed by atoms with E-state index in [1.54, 1.807) is 0 Å². The molecule has 1 unspecified atom stereocenters. The zero-order valence-corrected chi connectivity index (χ0v) is 14.7. The summed E-state index contributed by atoms with van der Waals surface area (Å²) in [6, 6.07) is 0.0101. The van der Waals surface area contributed by atoms with Crippen LogP contribution in [-0.2, 0) is 14.4 Å². The van der Waals surface area contributed by atoms with Gasteiger partial charge in [0.15, 0.2) is 0 Å². The molecule has 0 saturated carbocycles. The highest BCUT2D eigenvalue weighted by Crippen LogP contribution is 3.02. The van der Waals surface area contributed by atoms with Gasteiger partial charge in [0.25, 0.3) is 6.29 Å². The number of halogens is 8. The summed E-state index contributed by atoms with van der Waals surface area (Å²) in [4.78, 5) is 13.8. The summed E-state index contributed by atoms with van der Waals surface area (Å²) < 4.78 is 113. The van der Waals surface area contributed by atoms with Crippen LogP contribution in [-0.4, -0.2) is 24.5 Å². The van der Waals surface area contributed by atoms with Gasteiger partial charge in [0.2, 0.25) is 11.4 Å². The molecule has 2 atom stereocenters. The van der Waals surface area contributed by atoms with Gasteiger partial charge in [0, 0.05) is 12.5 Å². The average Bonchev–Trinajstić information content (AvgIpc) is 2.55. The van der Waals surface area contributed by atoms with Crippen molar-refractivity contribution in [3.63, 3.8) is 0 Å². The molecule has 1 aliphatic heterocycles. The lowest BCUT2D eigenvalue weighted by Gasteiger charge is -2.41. The molecule has 0 saturated heterocycles. The van der Waals surface area contributed by atoms with Crippen molar-refractivity contribution in [3.8, 4) is 5.75 Å². The number of carbonyl (C=O) groups is 1. The average molecular weight is 458 g/mol. The van der Waals surface area contributed by atoms with Gasteiger partial charge in [0.1, 0.15) is 10.6 Å². The molecule has 0 aliphatic carbocycles. The molecular weight excluding hydrogens is 448 g/mol. The number of hydrogen-bond acceptors (Lipinski definition) is 6. The number of esters is 1. The number of rotatable bonds is 5. The third kappa shape index (κ3) is 5.39. The maximum Gasteiger partial charge on any atom is 0.430 e. The van der Waals surface area contributed by atoms with Gasteiger partial charge < -0.3 is 19.5 Å². The maximum absolute atomic E-state index is 13.2. The van der Waals surface area contributed by atoms with Gasteiger partial charge in [-0.05, 0) is 24.3 Å². The van der Waals surface area contributed by atoms with Gasteiger partial charge in [-0.1, -0.05) is 24.7 Å². The van der Waals surface area contributed by atoms with Crippen LogP contribution in [0.15, 0.2) is 33.9 Å². The predicted octanol–water partition coefficient (Wildman–Crippen LogP) is 3.90. The van der Waals surface area contributed by atoms with E-state index in [1.165, 1.54) is 0 Å². The van der Waals surface area contributed by atoms with Crippen LogP contribution < -0.4 is 10.0 Å². The zero-order valence-electron chi connectivity index (χ0n) is 13.9. The smallest absolute Gasteiger partial charge is 0.430 e. The van der Waals surface area contributed by atoms with Crippen LogP contribution in [0.4, 0.5) is 32.6 Å². The van der Waals surface area contributed by atoms with Crippen LogP contribution in [0.25, 0.3) is 6.08 Å². The molecular formula is C13H10F8N2O5S. The molecule has 1 heterocycles. The number of nitrogens with zero attached hydrogens (tertiary/aromatic N) is 1. The van der Waals surface area contributed by atoms with Crippen molar-refractivity contribution < 1.29 is 57.0 Å². The lowest BCUT2D eigenvalue weighted by molar-refractivity contribution is -0.503. The summed E-state index contributed by atoms with van der Waals surface area (Å²) in [5.74, 6) is -2.58. The lowest BCUT2D eigenvalue weighted by atomic mass is 10.0. The Labute approximate surface area is 156 Å². The minimum atomic E-state index is -10.1. The number of benzene rings is 1. The van der Waals surface area contributed by atoms with Crippen LogP contribution in [0.2, 0.25) is 0 Å². The monoisotopic (exact) mass is 458 g/mol. The Hall–Kier alpha value is -2.78. The summed E-state index contributed by atoms with van der Waals surface area (Å²) >= 11 is 0. The molecule has 29 heavy (non-hydrogen) atoms. The van der Waals surface area contributed by atoms with Crippen molar-refractivity contribution in [1.82, 2.24) is 0 Å². The van der Waals surface area contributed by atoms with Gasteiger partial charge in [0.05, 0.1) is 5.57 Å². The second kappa shape index (κ2) is 6.36. The molecule has 0 radical (unpaired) electrons. The van der Waals surface area contributed by atoms with E-state index >= 15 is 0 Å². The van der Waals surface area contributed by atoms with Crippen molar-refractivity contribution in [1.29, 1.82) is 0 Å². The Bertz CT molecular complexity index is 884. The minimum absolute atomic E-state index is 0.127. The number of fused-ring (bicyclic) bond motifs is 1. The van der Waals surface area contributed by atoms with Gasteiger partial charge in [-0.15, -0.1) is 0 Å². The molecule has 0 aromatic heterocycles. The third-order valence-electron chi connectivity index (χ3n) is 3.31. The quantitative estimate of drug-likeness (QED) is 0.238. The molecule has 7 nitrogen and oxygen atoms in total. The first-order valence-electron chi connectivity index (χ1n) is 7.19. The number of ether oxygens (including phenoxy) is 2. The molecule has 0 spiro atoms. The molecule has 2 rings (SSSR count). The van der Waals surface area contributed by atoms with E-state index < -0.39 is 56.5 Å². The van der Waals surface area contributed by atoms with Crippen molar-refractivity contribution in [2.24, 2.45) is 5.28 Å². The fourth-order valence-corrected chi connectivity index (χ4v) is 2.84. The molecule has 164 valence electrons. The van der Waals surface area contributed by atoms with Crippen molar-refractivity contribution in [2.45, 2.75) is 30.4 Å². The van der Waals surface area contributed by atoms with Crippen LogP contribution in [0.3, 0.4) is 0 Å². The highest BCUT2D eigenvalue weighted by atomic mass is 32.5. The SMILES string of the molecule is CC(O/N=[NH+]\[O-])OC(=O)C1=Cc2cc(S(F)(F)(F)(F)F)ccc2O[C@@H]1C(F)(F)F. The highest BCUT2D eigenvalue weighted by molar-refractivity contribution is 8.45. The van der Waals surface area contributed by atoms with Gasteiger partial charge in [-0.2, -0.15) is 13.2 Å². The van der Waals surface area contributed by atoms with Gasteiger partial charge in [-0.25, -0.2) is 4.79 Å². The molecule has 1 aliphatic rings. The molecule has 16 heteroatoms. The van der Waals surface area contributed by atoms with Crippen molar-refractivity contribution >= 4 is 22.3 Å². The Balaban J connectivity index is 2.50. The standard InChI is InChI=1S/C13H10F8N2O5S/c1-6(28-23-22-25)26-12(24)9-5-7-4-8(29(17,18,19,20)21)2-3-10(7)27-11(9)13(14,15)16/h2-6,11,22H,1H3/t6?,11-/m0/s1. The molecule has 1 aromatic rings. The van der Waals surface area contributed by atoms with Gasteiger partial charge >= 0.3 is 22.4 Å². The Kier molecular flexibility index (Phi) is 4.94. The molecule has 0 bridgehead atoms. The topological polar surface area (TPSA) is 94.2 Å². The molecule has 0 amide bonds. The summed E-state index contributed by atoms with van der Waals surface area (Å²) in [6.07, 6.45) is -9.58. The Morgan fingerprint density at radius 3 is 2.41 bits per heavy atom. The van der Waals surface area contributed by atoms with E-state index in [9.17, 15) is 42.6 Å². The number of carbonyl (C=O) groups excluding carboxylic acids is 1. The fourth-order valence-electron chi connectivity index (χ4n) is 2.17. The maximum atomic E-state index is 13.2. The molecule has 1 N–H and O–H groups in total. The van der Waals surface area contributed by atoms with Crippen molar-refractivity contribution in [2.75, 3.05) is 0 Å². The summed E-state index contributed by atoms with van der Waals surface area (Å²) in [7, 11) is -10.1. The van der Waals surface area contributed by atoms with Crippen LogP contribution in [0.1, 0.15) is 12.5 Å². The molecule has 1 aromatic carbocycles. The normalized spacial score (nSPS) is 20.6. The number of hydrogen-bond donors (Lipinski definition) is 1. The van der Waals surface area contributed by atoms with Crippen LogP contribution >= 0.6 is 10.2 Å². The molecule has 0 fully saturated rings. The first-order valence-corrected chi connectivity index (χ1v) is 9.14. The first-order chi connectivity index (χ1) is 12.9. The van der Waals surface area contributed by atoms with E-state index in [1.807, 2.05) is 0 Å². The number of nitrogens with one attached hydrogen (secondary N) is 1. The van der Waals surface area contributed by atoms with E-state index in [-0.39, 0.29) is 24.3 Å². The van der Waals surface area contributed by atoms with E-state index in [0.717, 1.165) is 12.2 Å². The first kappa shape index (κ1) is 22.5. The highest BCUT2D eigenvalue weighted by Gasteiger charge is 2.65. The predicted molar refractivity (Wildman–Crippen MR) is 79.7 cm³/mol. The van der Waals surface area contributed by atoms with Crippen LogP contribution in [0, 0.1) is 5.21 Å². The summed E-state index contributed by atoms with van der Waals surface area (Å²) in [5, 5.41) is 13.4. The summed E-state index contributed by atoms with van der Waals surface area (Å²) in [6.45, 7) is 0.950. The van der Waals surface area contributed by atoms with E-state index in [4.69, 9.17) is 0 Å². The second-order valence-corrected chi connectivity index (χ2v) is 7.98. The Morgan fingerprint density at radius 2 is 1.90 bits per heavy atom. The van der Waals surface area contributed by atoms with E-state index in [0.29, 0.717) is 0 Å². The Morgan fingerprint density at radius 1 is 1.28 bits per heavy atom. The van der Waals surface area contributed by atoms with E-state index in [2.05, 4.69) is 19.6 Å². The van der Waals surface area contributed by atoms with Crippen molar-refractivity contribution in [3.05, 3.63) is 34.5 Å². The fraction of sp³-hybridized carbons (Fsp3) is 0.308. The second-order valence-electron chi connectivity index (χ2n) is 5.57. The largest absolute Gasteiger partial charge is 0.599 e. The lowest BCUT2D eigenvalue weighted by Crippen LogP contribution is -2.56. The summed E-state index contributed by atoms with van der Waals surface area (Å²) in [5.41, 5.74) is -2.20. The number of alkyl halides is 3. The zero-order chi connectivity index (χ0) is 22.3. The van der Waals surface area contributed by atoms with Crippen LogP contribution in [0.5, 0.6) is 5.75 Å².